The third-order valence-corrected chi connectivity index (χ3v) is 3.51. The van der Waals surface area contributed by atoms with Crippen molar-refractivity contribution in [3.63, 3.8) is 0 Å². The molecule has 0 spiro atoms. The van der Waals surface area contributed by atoms with Crippen LogP contribution in [0.25, 0.3) is 0 Å². The number of ether oxygens (including phenoxy) is 1. The number of rotatable bonds is 7. The van der Waals surface area contributed by atoms with Gasteiger partial charge in [0.1, 0.15) is 17.5 Å². The molecule has 24 heavy (non-hydrogen) atoms. The monoisotopic (exact) mass is 328 g/mol. The minimum atomic E-state index is -0.318. The third-order valence-electron chi connectivity index (χ3n) is 3.51. The standard InChI is InChI=1S/C18H24N4O2/c1-5-12(3)19-16-11-17(21-13(4)20-16)22-15-9-7-14(8-10-15)18(23)24-6-2/h7-12H,5-6H2,1-4H3,(H2,19,20,21,22). The number of esters is 1. The molecular weight excluding hydrogens is 304 g/mol. The van der Waals surface area contributed by atoms with Crippen molar-refractivity contribution in [2.24, 2.45) is 0 Å². The lowest BCUT2D eigenvalue weighted by atomic mass is 10.2. The Bertz CT molecular complexity index is 686. The molecule has 1 aromatic carbocycles. The minimum Gasteiger partial charge on any atom is -0.462 e. The summed E-state index contributed by atoms with van der Waals surface area (Å²) in [6, 6.07) is 9.32. The first-order valence-electron chi connectivity index (χ1n) is 8.18. The molecule has 0 aliphatic rings. The highest BCUT2D eigenvalue weighted by Crippen LogP contribution is 2.19. The Morgan fingerprint density at radius 2 is 1.83 bits per heavy atom. The Kier molecular flexibility index (Phi) is 6.12. The van der Waals surface area contributed by atoms with Crippen LogP contribution in [0.4, 0.5) is 17.3 Å². The van der Waals surface area contributed by atoms with Crippen LogP contribution < -0.4 is 10.6 Å². The van der Waals surface area contributed by atoms with Crippen molar-refractivity contribution in [1.29, 1.82) is 0 Å². The van der Waals surface area contributed by atoms with E-state index in [0.717, 1.165) is 17.9 Å². The van der Waals surface area contributed by atoms with E-state index in [4.69, 9.17) is 4.74 Å². The molecule has 2 rings (SSSR count). The van der Waals surface area contributed by atoms with Crippen LogP contribution in [0, 0.1) is 6.92 Å². The highest BCUT2D eigenvalue weighted by Gasteiger charge is 2.07. The summed E-state index contributed by atoms with van der Waals surface area (Å²) in [6.45, 7) is 8.24. The normalized spacial score (nSPS) is 11.7. The van der Waals surface area contributed by atoms with E-state index in [1.54, 1.807) is 19.1 Å². The second kappa shape index (κ2) is 8.29. The molecule has 2 aromatic rings. The summed E-state index contributed by atoms with van der Waals surface area (Å²) in [5.74, 6) is 1.87. The maximum atomic E-state index is 11.7. The number of carbonyl (C=O) groups is 1. The fraction of sp³-hybridized carbons (Fsp3) is 0.389. The average molecular weight is 328 g/mol. The van der Waals surface area contributed by atoms with Gasteiger partial charge in [-0.2, -0.15) is 0 Å². The molecule has 1 heterocycles. The lowest BCUT2D eigenvalue weighted by molar-refractivity contribution is 0.0526. The summed E-state index contributed by atoms with van der Waals surface area (Å²) >= 11 is 0. The fourth-order valence-electron chi connectivity index (χ4n) is 2.11. The zero-order valence-corrected chi connectivity index (χ0v) is 14.6. The van der Waals surface area contributed by atoms with E-state index in [-0.39, 0.29) is 5.97 Å². The van der Waals surface area contributed by atoms with Gasteiger partial charge in [0.2, 0.25) is 0 Å². The number of benzene rings is 1. The average Bonchev–Trinajstić information content (AvgIpc) is 2.55. The third kappa shape index (κ3) is 4.94. The molecule has 0 aliphatic heterocycles. The smallest absolute Gasteiger partial charge is 0.338 e. The van der Waals surface area contributed by atoms with E-state index in [0.29, 0.717) is 29.9 Å². The van der Waals surface area contributed by atoms with Crippen LogP contribution in [0.15, 0.2) is 30.3 Å². The molecule has 2 N–H and O–H groups in total. The summed E-state index contributed by atoms with van der Waals surface area (Å²) in [4.78, 5) is 20.5. The molecule has 0 fully saturated rings. The molecular formula is C18H24N4O2. The van der Waals surface area contributed by atoms with Crippen molar-refractivity contribution >= 4 is 23.3 Å². The fourth-order valence-corrected chi connectivity index (χ4v) is 2.11. The second-order valence-electron chi connectivity index (χ2n) is 5.56. The van der Waals surface area contributed by atoms with E-state index >= 15 is 0 Å². The molecule has 0 bridgehead atoms. The quantitative estimate of drug-likeness (QED) is 0.750. The van der Waals surface area contributed by atoms with E-state index in [9.17, 15) is 4.79 Å². The maximum Gasteiger partial charge on any atom is 0.338 e. The van der Waals surface area contributed by atoms with Crippen molar-refractivity contribution < 1.29 is 9.53 Å². The summed E-state index contributed by atoms with van der Waals surface area (Å²) in [5, 5.41) is 6.58. The number of aryl methyl sites for hydroxylation is 1. The van der Waals surface area contributed by atoms with Crippen LogP contribution in [0.3, 0.4) is 0 Å². The molecule has 128 valence electrons. The molecule has 0 saturated carbocycles. The molecule has 6 nitrogen and oxygen atoms in total. The van der Waals surface area contributed by atoms with E-state index in [2.05, 4.69) is 34.4 Å². The first-order valence-corrected chi connectivity index (χ1v) is 8.18. The van der Waals surface area contributed by atoms with Crippen LogP contribution in [0.1, 0.15) is 43.4 Å². The number of hydrogen-bond donors (Lipinski definition) is 2. The topological polar surface area (TPSA) is 76.1 Å². The molecule has 0 amide bonds. The van der Waals surface area contributed by atoms with Gasteiger partial charge in [0.05, 0.1) is 12.2 Å². The molecule has 6 heteroatoms. The van der Waals surface area contributed by atoms with Crippen molar-refractivity contribution in [3.8, 4) is 0 Å². The zero-order valence-electron chi connectivity index (χ0n) is 14.6. The second-order valence-corrected chi connectivity index (χ2v) is 5.56. The number of nitrogens with one attached hydrogen (secondary N) is 2. The minimum absolute atomic E-state index is 0.318. The number of carbonyl (C=O) groups excluding carboxylic acids is 1. The summed E-state index contributed by atoms with van der Waals surface area (Å²) < 4.78 is 4.98. The van der Waals surface area contributed by atoms with Gasteiger partial charge in [-0.05, 0) is 51.5 Å². The molecule has 1 aromatic heterocycles. The van der Waals surface area contributed by atoms with Crippen LogP contribution in [0.5, 0.6) is 0 Å². The number of nitrogens with zero attached hydrogens (tertiary/aromatic N) is 2. The SMILES string of the molecule is CCOC(=O)c1ccc(Nc2cc(NC(C)CC)nc(C)n2)cc1. The molecule has 0 radical (unpaired) electrons. The van der Waals surface area contributed by atoms with E-state index in [1.165, 1.54) is 0 Å². The Morgan fingerprint density at radius 3 is 2.46 bits per heavy atom. The molecule has 0 aliphatic carbocycles. The molecule has 0 saturated heterocycles. The van der Waals surface area contributed by atoms with Crippen molar-refractivity contribution in [2.75, 3.05) is 17.2 Å². The van der Waals surface area contributed by atoms with Gasteiger partial charge in [-0.25, -0.2) is 14.8 Å². The first kappa shape index (κ1) is 17.7. The highest BCUT2D eigenvalue weighted by atomic mass is 16.5. The Hall–Kier alpha value is -2.63. The summed E-state index contributed by atoms with van der Waals surface area (Å²) in [6.07, 6.45) is 1.02. The highest BCUT2D eigenvalue weighted by molar-refractivity contribution is 5.89. The molecule has 1 atom stereocenters. The zero-order chi connectivity index (χ0) is 17.5. The summed E-state index contributed by atoms with van der Waals surface area (Å²) in [7, 11) is 0. The van der Waals surface area contributed by atoms with Crippen molar-refractivity contribution in [3.05, 3.63) is 41.7 Å². The summed E-state index contributed by atoms with van der Waals surface area (Å²) in [5.41, 5.74) is 1.37. The molecule has 1 unspecified atom stereocenters. The van der Waals surface area contributed by atoms with Gasteiger partial charge in [-0.3, -0.25) is 0 Å². The Labute approximate surface area is 142 Å². The van der Waals surface area contributed by atoms with Gasteiger partial charge in [-0.15, -0.1) is 0 Å². The maximum absolute atomic E-state index is 11.7. The predicted octanol–water partition coefficient (Wildman–Crippen LogP) is 3.92. The van der Waals surface area contributed by atoms with Crippen molar-refractivity contribution in [1.82, 2.24) is 9.97 Å². The van der Waals surface area contributed by atoms with Gasteiger partial charge in [0, 0.05) is 17.8 Å². The van der Waals surface area contributed by atoms with Crippen molar-refractivity contribution in [2.45, 2.75) is 40.2 Å². The van der Waals surface area contributed by atoms with Gasteiger partial charge in [0.15, 0.2) is 0 Å². The van der Waals surface area contributed by atoms with Gasteiger partial charge >= 0.3 is 5.97 Å². The predicted molar refractivity (Wildman–Crippen MR) is 95.8 cm³/mol. The lowest BCUT2D eigenvalue weighted by Crippen LogP contribution is -2.15. The van der Waals surface area contributed by atoms with Gasteiger partial charge in [-0.1, -0.05) is 6.92 Å². The van der Waals surface area contributed by atoms with Crippen LogP contribution >= 0.6 is 0 Å². The lowest BCUT2D eigenvalue weighted by Gasteiger charge is -2.14. The Morgan fingerprint density at radius 1 is 1.17 bits per heavy atom. The largest absolute Gasteiger partial charge is 0.462 e. The van der Waals surface area contributed by atoms with Crippen LogP contribution in [0.2, 0.25) is 0 Å². The van der Waals surface area contributed by atoms with E-state index < -0.39 is 0 Å². The van der Waals surface area contributed by atoms with Crippen LogP contribution in [-0.2, 0) is 4.74 Å². The van der Waals surface area contributed by atoms with Gasteiger partial charge in [0.25, 0.3) is 0 Å². The van der Waals surface area contributed by atoms with Crippen LogP contribution in [-0.4, -0.2) is 28.6 Å². The number of aromatic nitrogens is 2. The van der Waals surface area contributed by atoms with E-state index in [1.807, 2.05) is 25.1 Å². The first-order chi connectivity index (χ1) is 11.5. The number of hydrogen-bond acceptors (Lipinski definition) is 6. The van der Waals surface area contributed by atoms with Gasteiger partial charge < -0.3 is 15.4 Å². The Balaban J connectivity index is 2.11. The number of anilines is 3.